The van der Waals surface area contributed by atoms with Gasteiger partial charge in [-0.25, -0.2) is 0 Å². The first-order chi connectivity index (χ1) is 8.68. The molecular weight excluding hydrogens is 265 g/mol. The minimum atomic E-state index is 0.263. The molecule has 1 aromatic rings. The van der Waals surface area contributed by atoms with Crippen LogP contribution in [0.4, 0.5) is 0 Å². The number of benzene rings is 1. The summed E-state index contributed by atoms with van der Waals surface area (Å²) in [6.45, 7) is 2.17. The molecule has 0 amide bonds. The zero-order valence-corrected chi connectivity index (χ0v) is 12.4. The summed E-state index contributed by atoms with van der Waals surface area (Å²) in [6, 6.07) is 6.75. The predicted molar refractivity (Wildman–Crippen MR) is 79.5 cm³/mol. The highest BCUT2D eigenvalue weighted by molar-refractivity contribution is 6.42. The SMILES string of the molecule is CC(NC1CCCCCC1)c1cccc(Cl)c1Cl. The third kappa shape index (κ3) is 3.63. The topological polar surface area (TPSA) is 12.0 Å². The van der Waals surface area contributed by atoms with Crippen molar-refractivity contribution in [1.82, 2.24) is 5.32 Å². The molecule has 1 aliphatic carbocycles. The van der Waals surface area contributed by atoms with E-state index in [4.69, 9.17) is 23.2 Å². The maximum absolute atomic E-state index is 6.27. The molecule has 3 heteroatoms. The molecule has 1 atom stereocenters. The minimum Gasteiger partial charge on any atom is -0.307 e. The van der Waals surface area contributed by atoms with Crippen molar-refractivity contribution in [2.75, 3.05) is 0 Å². The van der Waals surface area contributed by atoms with Gasteiger partial charge in [-0.1, -0.05) is 61.0 Å². The van der Waals surface area contributed by atoms with Crippen molar-refractivity contribution in [2.45, 2.75) is 57.5 Å². The molecule has 1 aromatic carbocycles. The predicted octanol–water partition coefficient (Wildman–Crippen LogP) is 5.37. The summed E-state index contributed by atoms with van der Waals surface area (Å²) in [6.07, 6.45) is 8.00. The Morgan fingerprint density at radius 1 is 1.11 bits per heavy atom. The van der Waals surface area contributed by atoms with Crippen molar-refractivity contribution < 1.29 is 0 Å². The second-order valence-corrected chi connectivity index (χ2v) is 6.01. The van der Waals surface area contributed by atoms with Crippen LogP contribution in [0.1, 0.15) is 57.1 Å². The van der Waals surface area contributed by atoms with Crippen LogP contribution in [0.2, 0.25) is 10.0 Å². The van der Waals surface area contributed by atoms with E-state index in [9.17, 15) is 0 Å². The second kappa shape index (κ2) is 6.79. The van der Waals surface area contributed by atoms with Gasteiger partial charge in [0.1, 0.15) is 0 Å². The van der Waals surface area contributed by atoms with E-state index in [0.29, 0.717) is 16.1 Å². The third-order valence-corrected chi connectivity index (χ3v) is 4.62. The molecule has 0 aromatic heterocycles. The molecule has 1 nitrogen and oxygen atoms in total. The van der Waals surface area contributed by atoms with Crippen LogP contribution in [0.5, 0.6) is 0 Å². The molecule has 0 bridgehead atoms. The molecule has 0 aliphatic heterocycles. The fourth-order valence-electron chi connectivity index (χ4n) is 2.74. The summed E-state index contributed by atoms with van der Waals surface area (Å²) in [5.41, 5.74) is 1.11. The van der Waals surface area contributed by atoms with E-state index in [0.717, 1.165) is 5.56 Å². The quantitative estimate of drug-likeness (QED) is 0.737. The van der Waals surface area contributed by atoms with Crippen molar-refractivity contribution in [2.24, 2.45) is 0 Å². The van der Waals surface area contributed by atoms with Gasteiger partial charge in [0.2, 0.25) is 0 Å². The maximum Gasteiger partial charge on any atom is 0.0639 e. The Kier molecular flexibility index (Phi) is 5.35. The lowest BCUT2D eigenvalue weighted by Gasteiger charge is -2.23. The Morgan fingerprint density at radius 2 is 1.78 bits per heavy atom. The van der Waals surface area contributed by atoms with Crippen LogP contribution in [-0.2, 0) is 0 Å². The van der Waals surface area contributed by atoms with Gasteiger partial charge in [0, 0.05) is 12.1 Å². The lowest BCUT2D eigenvalue weighted by Crippen LogP contribution is -2.31. The maximum atomic E-state index is 6.27. The van der Waals surface area contributed by atoms with Gasteiger partial charge in [-0.15, -0.1) is 0 Å². The molecule has 1 saturated carbocycles. The average Bonchev–Trinajstić information content (AvgIpc) is 2.61. The van der Waals surface area contributed by atoms with Gasteiger partial charge in [-0.3, -0.25) is 0 Å². The summed E-state index contributed by atoms with van der Waals surface area (Å²) in [5.74, 6) is 0. The summed E-state index contributed by atoms with van der Waals surface area (Å²) < 4.78 is 0. The Labute approximate surface area is 120 Å². The zero-order valence-electron chi connectivity index (χ0n) is 10.9. The van der Waals surface area contributed by atoms with E-state index in [1.165, 1.54) is 38.5 Å². The lowest BCUT2D eigenvalue weighted by atomic mass is 10.0. The Hall–Kier alpha value is -0.240. The fraction of sp³-hybridized carbons (Fsp3) is 0.600. The van der Waals surface area contributed by atoms with Crippen molar-refractivity contribution >= 4 is 23.2 Å². The van der Waals surface area contributed by atoms with Crippen molar-refractivity contribution in [3.05, 3.63) is 33.8 Å². The summed E-state index contributed by atoms with van der Waals surface area (Å²) in [4.78, 5) is 0. The van der Waals surface area contributed by atoms with E-state index < -0.39 is 0 Å². The first-order valence-corrected chi connectivity index (χ1v) is 7.64. The first-order valence-electron chi connectivity index (χ1n) is 6.88. The van der Waals surface area contributed by atoms with Crippen LogP contribution in [0.3, 0.4) is 0 Å². The van der Waals surface area contributed by atoms with E-state index >= 15 is 0 Å². The highest BCUT2D eigenvalue weighted by atomic mass is 35.5. The molecule has 100 valence electrons. The van der Waals surface area contributed by atoms with Gasteiger partial charge in [0.25, 0.3) is 0 Å². The standard InChI is InChI=1S/C15H21Cl2N/c1-11(13-9-6-10-14(16)15(13)17)18-12-7-4-2-3-5-8-12/h6,9-12,18H,2-5,7-8H2,1H3. The molecule has 0 spiro atoms. The highest BCUT2D eigenvalue weighted by Crippen LogP contribution is 2.30. The normalized spacial score (nSPS) is 19.5. The second-order valence-electron chi connectivity index (χ2n) is 5.22. The zero-order chi connectivity index (χ0) is 13.0. The van der Waals surface area contributed by atoms with Crippen molar-refractivity contribution in [3.8, 4) is 0 Å². The molecule has 0 saturated heterocycles. The molecule has 0 heterocycles. The van der Waals surface area contributed by atoms with Crippen LogP contribution in [0.15, 0.2) is 18.2 Å². The Bertz CT molecular complexity index is 384. The molecule has 1 fully saturated rings. The number of nitrogens with one attached hydrogen (secondary N) is 1. The summed E-state index contributed by atoms with van der Waals surface area (Å²) in [5, 5.41) is 5.03. The molecule has 0 radical (unpaired) electrons. The third-order valence-electron chi connectivity index (χ3n) is 3.79. The van der Waals surface area contributed by atoms with Crippen LogP contribution in [0.25, 0.3) is 0 Å². The molecular formula is C15H21Cl2N. The Balaban J connectivity index is 2.02. The number of halogens is 2. The Morgan fingerprint density at radius 3 is 2.44 bits per heavy atom. The van der Waals surface area contributed by atoms with Gasteiger partial charge in [-0.05, 0) is 31.4 Å². The van der Waals surface area contributed by atoms with Gasteiger partial charge >= 0.3 is 0 Å². The molecule has 1 unspecified atom stereocenters. The first kappa shape index (κ1) is 14.2. The smallest absolute Gasteiger partial charge is 0.0639 e. The van der Waals surface area contributed by atoms with E-state index in [2.05, 4.69) is 18.3 Å². The number of hydrogen-bond donors (Lipinski definition) is 1. The van der Waals surface area contributed by atoms with Gasteiger partial charge in [0.15, 0.2) is 0 Å². The highest BCUT2D eigenvalue weighted by Gasteiger charge is 2.17. The van der Waals surface area contributed by atoms with Gasteiger partial charge < -0.3 is 5.32 Å². The van der Waals surface area contributed by atoms with Crippen molar-refractivity contribution in [1.29, 1.82) is 0 Å². The van der Waals surface area contributed by atoms with Gasteiger partial charge in [-0.2, -0.15) is 0 Å². The monoisotopic (exact) mass is 285 g/mol. The molecule has 1 aliphatic rings. The largest absolute Gasteiger partial charge is 0.307 e. The summed E-state index contributed by atoms with van der Waals surface area (Å²) in [7, 11) is 0. The number of hydrogen-bond acceptors (Lipinski definition) is 1. The van der Waals surface area contributed by atoms with E-state index in [1.807, 2.05) is 12.1 Å². The van der Waals surface area contributed by atoms with Crippen LogP contribution < -0.4 is 5.32 Å². The molecule has 2 rings (SSSR count). The average molecular weight is 286 g/mol. The van der Waals surface area contributed by atoms with E-state index in [1.54, 1.807) is 0 Å². The van der Waals surface area contributed by atoms with Gasteiger partial charge in [0.05, 0.1) is 10.0 Å². The van der Waals surface area contributed by atoms with Crippen molar-refractivity contribution in [3.63, 3.8) is 0 Å². The van der Waals surface area contributed by atoms with Crippen LogP contribution in [-0.4, -0.2) is 6.04 Å². The summed E-state index contributed by atoms with van der Waals surface area (Å²) >= 11 is 12.3. The van der Waals surface area contributed by atoms with Crippen LogP contribution in [0, 0.1) is 0 Å². The van der Waals surface area contributed by atoms with E-state index in [-0.39, 0.29) is 6.04 Å². The van der Waals surface area contributed by atoms with Crippen LogP contribution >= 0.6 is 23.2 Å². The fourth-order valence-corrected chi connectivity index (χ4v) is 3.22. The lowest BCUT2D eigenvalue weighted by molar-refractivity contribution is 0.414. The number of rotatable bonds is 3. The molecule has 1 N–H and O–H groups in total. The molecule has 18 heavy (non-hydrogen) atoms. The minimum absolute atomic E-state index is 0.263.